The molecule has 14 heavy (non-hydrogen) atoms. The molecule has 0 aliphatic carbocycles. The third-order valence-corrected chi connectivity index (χ3v) is 1.58. The number of amides is 1. The van der Waals surface area contributed by atoms with Crippen molar-refractivity contribution in [2.75, 3.05) is 11.9 Å². The molecule has 0 aromatic heterocycles. The van der Waals surface area contributed by atoms with Crippen LogP contribution in [0.1, 0.15) is 13.8 Å². The molecule has 0 aliphatic rings. The molecule has 0 radical (unpaired) electrons. The lowest BCUT2D eigenvalue weighted by Crippen LogP contribution is -2.07. The first kappa shape index (κ1) is 10.4. The van der Waals surface area contributed by atoms with Crippen LogP contribution in [0, 0.1) is 0 Å². The van der Waals surface area contributed by atoms with Crippen LogP contribution in [-0.2, 0) is 4.79 Å². The Morgan fingerprint density at radius 2 is 2.29 bits per heavy atom. The van der Waals surface area contributed by atoms with Gasteiger partial charge in [0.05, 0.1) is 12.3 Å². The molecule has 4 nitrogen and oxygen atoms in total. The van der Waals surface area contributed by atoms with E-state index in [1.807, 2.05) is 6.92 Å². The highest BCUT2D eigenvalue weighted by atomic mass is 16.5. The van der Waals surface area contributed by atoms with Gasteiger partial charge in [0.2, 0.25) is 5.91 Å². The van der Waals surface area contributed by atoms with Crippen molar-refractivity contribution in [3.8, 4) is 11.5 Å². The Hall–Kier alpha value is -1.71. The molecule has 1 rings (SSSR count). The van der Waals surface area contributed by atoms with Crippen molar-refractivity contribution < 1.29 is 14.6 Å². The number of aromatic hydroxyl groups is 1. The fourth-order valence-corrected chi connectivity index (χ4v) is 1.08. The third kappa shape index (κ3) is 2.65. The zero-order valence-electron chi connectivity index (χ0n) is 8.20. The molecule has 0 saturated carbocycles. The minimum Gasteiger partial charge on any atom is -0.508 e. The summed E-state index contributed by atoms with van der Waals surface area (Å²) in [5.74, 6) is 0.418. The fraction of sp³-hybridized carbons (Fsp3) is 0.300. The summed E-state index contributed by atoms with van der Waals surface area (Å²) in [6.45, 7) is 3.74. The van der Waals surface area contributed by atoms with Crippen LogP contribution in [0.4, 0.5) is 5.69 Å². The second-order valence-corrected chi connectivity index (χ2v) is 2.79. The average Bonchev–Trinajstić information content (AvgIpc) is 2.09. The van der Waals surface area contributed by atoms with E-state index in [-0.39, 0.29) is 11.7 Å². The largest absolute Gasteiger partial charge is 0.508 e. The van der Waals surface area contributed by atoms with Crippen LogP contribution in [0.15, 0.2) is 18.2 Å². The molecule has 4 heteroatoms. The van der Waals surface area contributed by atoms with Gasteiger partial charge in [-0.3, -0.25) is 4.79 Å². The Bertz CT molecular complexity index is 336. The summed E-state index contributed by atoms with van der Waals surface area (Å²) in [4.78, 5) is 10.8. The van der Waals surface area contributed by atoms with Gasteiger partial charge >= 0.3 is 0 Å². The smallest absolute Gasteiger partial charge is 0.221 e. The van der Waals surface area contributed by atoms with Gasteiger partial charge in [0, 0.05) is 13.0 Å². The lowest BCUT2D eigenvalue weighted by Gasteiger charge is -2.10. The van der Waals surface area contributed by atoms with Crippen molar-refractivity contribution in [2.24, 2.45) is 0 Å². The Morgan fingerprint density at radius 3 is 2.86 bits per heavy atom. The maximum absolute atomic E-state index is 10.8. The van der Waals surface area contributed by atoms with Gasteiger partial charge in [0.25, 0.3) is 0 Å². The molecule has 0 aliphatic heterocycles. The highest BCUT2D eigenvalue weighted by Gasteiger charge is 2.05. The van der Waals surface area contributed by atoms with E-state index in [2.05, 4.69) is 5.32 Å². The van der Waals surface area contributed by atoms with Crippen LogP contribution in [0.25, 0.3) is 0 Å². The molecule has 0 bridgehead atoms. The molecule has 0 fully saturated rings. The number of benzene rings is 1. The van der Waals surface area contributed by atoms with E-state index in [9.17, 15) is 9.90 Å². The quantitative estimate of drug-likeness (QED) is 0.722. The molecule has 0 saturated heterocycles. The Kier molecular flexibility index (Phi) is 3.34. The summed E-state index contributed by atoms with van der Waals surface area (Å²) >= 11 is 0. The number of phenols is 1. The third-order valence-electron chi connectivity index (χ3n) is 1.58. The minimum atomic E-state index is -0.170. The first-order chi connectivity index (χ1) is 6.63. The van der Waals surface area contributed by atoms with E-state index >= 15 is 0 Å². The van der Waals surface area contributed by atoms with Crippen LogP contribution < -0.4 is 10.1 Å². The van der Waals surface area contributed by atoms with E-state index in [1.165, 1.54) is 19.1 Å². The summed E-state index contributed by atoms with van der Waals surface area (Å²) < 4.78 is 5.24. The van der Waals surface area contributed by atoms with Crippen LogP contribution >= 0.6 is 0 Å². The van der Waals surface area contributed by atoms with Crippen LogP contribution in [0.3, 0.4) is 0 Å². The Balaban J connectivity index is 2.95. The molecular weight excluding hydrogens is 182 g/mol. The molecule has 1 aromatic carbocycles. The molecule has 76 valence electrons. The number of anilines is 1. The molecule has 0 atom stereocenters. The van der Waals surface area contributed by atoms with Gasteiger partial charge in [0.1, 0.15) is 11.5 Å². The minimum absolute atomic E-state index is 0.113. The second-order valence-electron chi connectivity index (χ2n) is 2.79. The molecule has 1 amide bonds. The van der Waals surface area contributed by atoms with Gasteiger partial charge < -0.3 is 15.2 Å². The number of nitrogens with one attached hydrogen (secondary N) is 1. The standard InChI is InChI=1S/C10H13NO3/c1-3-14-10-6-8(13)4-5-9(10)11-7(2)12/h4-6,13H,3H2,1-2H3,(H,11,12). The number of hydrogen-bond donors (Lipinski definition) is 2. The number of carbonyl (C=O) groups excluding carboxylic acids is 1. The lowest BCUT2D eigenvalue weighted by atomic mass is 10.2. The zero-order chi connectivity index (χ0) is 10.6. The maximum Gasteiger partial charge on any atom is 0.221 e. The molecule has 0 heterocycles. The highest BCUT2D eigenvalue weighted by molar-refractivity contribution is 5.90. The number of ether oxygens (including phenoxy) is 1. The molecular formula is C10H13NO3. The summed E-state index contributed by atoms with van der Waals surface area (Å²) in [6.07, 6.45) is 0. The van der Waals surface area contributed by atoms with E-state index in [0.29, 0.717) is 18.0 Å². The van der Waals surface area contributed by atoms with Gasteiger partial charge in [0.15, 0.2) is 0 Å². The fourth-order valence-electron chi connectivity index (χ4n) is 1.08. The Morgan fingerprint density at radius 1 is 1.57 bits per heavy atom. The maximum atomic E-state index is 10.8. The normalized spacial score (nSPS) is 9.57. The van der Waals surface area contributed by atoms with Gasteiger partial charge in [-0.1, -0.05) is 0 Å². The molecule has 0 spiro atoms. The predicted octanol–water partition coefficient (Wildman–Crippen LogP) is 1.75. The van der Waals surface area contributed by atoms with E-state index in [4.69, 9.17) is 4.74 Å². The summed E-state index contributed by atoms with van der Waals surface area (Å²) in [5, 5.41) is 11.8. The number of hydrogen-bond acceptors (Lipinski definition) is 3. The van der Waals surface area contributed by atoms with Crippen LogP contribution in [0.2, 0.25) is 0 Å². The van der Waals surface area contributed by atoms with Crippen molar-refractivity contribution in [3.05, 3.63) is 18.2 Å². The van der Waals surface area contributed by atoms with E-state index in [0.717, 1.165) is 0 Å². The van der Waals surface area contributed by atoms with Crippen LogP contribution in [0.5, 0.6) is 11.5 Å². The number of carbonyl (C=O) groups is 1. The van der Waals surface area contributed by atoms with Gasteiger partial charge in [-0.15, -0.1) is 0 Å². The van der Waals surface area contributed by atoms with E-state index in [1.54, 1.807) is 6.07 Å². The molecule has 2 N–H and O–H groups in total. The average molecular weight is 195 g/mol. The van der Waals surface area contributed by atoms with Gasteiger partial charge in [-0.05, 0) is 19.1 Å². The van der Waals surface area contributed by atoms with Crippen molar-refractivity contribution in [1.29, 1.82) is 0 Å². The predicted molar refractivity (Wildman–Crippen MR) is 53.6 cm³/mol. The summed E-state index contributed by atoms with van der Waals surface area (Å²) in [7, 11) is 0. The summed E-state index contributed by atoms with van der Waals surface area (Å²) in [5.41, 5.74) is 0.567. The summed E-state index contributed by atoms with van der Waals surface area (Å²) in [6, 6.07) is 4.56. The second kappa shape index (κ2) is 4.50. The van der Waals surface area contributed by atoms with Crippen LogP contribution in [-0.4, -0.2) is 17.6 Å². The Labute approximate surface area is 82.5 Å². The first-order valence-electron chi connectivity index (χ1n) is 4.37. The topological polar surface area (TPSA) is 58.6 Å². The number of phenolic OH excluding ortho intramolecular Hbond substituents is 1. The van der Waals surface area contributed by atoms with Gasteiger partial charge in [-0.2, -0.15) is 0 Å². The monoisotopic (exact) mass is 195 g/mol. The van der Waals surface area contributed by atoms with Crippen molar-refractivity contribution in [2.45, 2.75) is 13.8 Å². The first-order valence-corrected chi connectivity index (χ1v) is 4.37. The SMILES string of the molecule is CCOc1cc(O)ccc1NC(C)=O. The van der Waals surface area contributed by atoms with E-state index < -0.39 is 0 Å². The molecule has 0 unspecified atom stereocenters. The van der Waals surface area contributed by atoms with Crippen molar-refractivity contribution in [1.82, 2.24) is 0 Å². The van der Waals surface area contributed by atoms with Gasteiger partial charge in [-0.25, -0.2) is 0 Å². The molecule has 1 aromatic rings. The lowest BCUT2D eigenvalue weighted by molar-refractivity contribution is -0.114. The number of rotatable bonds is 3. The van der Waals surface area contributed by atoms with Crippen molar-refractivity contribution >= 4 is 11.6 Å². The zero-order valence-corrected chi connectivity index (χ0v) is 8.20. The highest BCUT2D eigenvalue weighted by Crippen LogP contribution is 2.28. The van der Waals surface area contributed by atoms with Crippen molar-refractivity contribution in [3.63, 3.8) is 0 Å².